The Bertz CT molecular complexity index is 281. The van der Waals surface area contributed by atoms with Crippen molar-refractivity contribution in [3.05, 3.63) is 0 Å². The first-order valence-corrected chi connectivity index (χ1v) is 10.5. The molecule has 0 aliphatic heterocycles. The topological polar surface area (TPSA) is 102 Å². The Labute approximate surface area is 132 Å². The van der Waals surface area contributed by atoms with Crippen LogP contribution in [0.4, 0.5) is 0 Å². The van der Waals surface area contributed by atoms with E-state index in [0.717, 1.165) is 6.42 Å². The lowest BCUT2D eigenvalue weighted by Gasteiger charge is -2.38. The molecule has 6 heteroatoms. The standard InChI is InChI=1S/C11H27NOSi.C4H11NO2/c1-8-11(5,12)9-13-14(6,7)10(2,3)4;1-4(5,2-6)3-7/h8-9,12H2,1-7H3;6-7H,2-3,5H2,1H3. The molecule has 0 aliphatic rings. The van der Waals surface area contributed by atoms with Crippen LogP contribution in [0, 0.1) is 0 Å². The van der Waals surface area contributed by atoms with Crippen molar-refractivity contribution in [2.45, 2.75) is 77.2 Å². The lowest BCUT2D eigenvalue weighted by Crippen LogP contribution is -2.48. The van der Waals surface area contributed by atoms with E-state index in [9.17, 15) is 0 Å². The van der Waals surface area contributed by atoms with Crippen LogP contribution < -0.4 is 11.5 Å². The summed E-state index contributed by atoms with van der Waals surface area (Å²) >= 11 is 0. The van der Waals surface area contributed by atoms with Gasteiger partial charge in [-0.2, -0.15) is 0 Å². The summed E-state index contributed by atoms with van der Waals surface area (Å²) in [5.41, 5.74) is 10.3. The van der Waals surface area contributed by atoms with Gasteiger partial charge in [-0.25, -0.2) is 0 Å². The van der Waals surface area contributed by atoms with Gasteiger partial charge < -0.3 is 26.1 Å². The Morgan fingerprint density at radius 3 is 1.48 bits per heavy atom. The second-order valence-corrected chi connectivity index (χ2v) is 12.8. The molecule has 0 heterocycles. The molecule has 0 aromatic rings. The minimum Gasteiger partial charge on any atom is -0.415 e. The van der Waals surface area contributed by atoms with Gasteiger partial charge >= 0.3 is 0 Å². The maximum Gasteiger partial charge on any atom is 0.192 e. The molecule has 0 saturated carbocycles. The maximum absolute atomic E-state index is 8.31. The molecule has 6 N–H and O–H groups in total. The monoisotopic (exact) mass is 322 g/mol. The van der Waals surface area contributed by atoms with Gasteiger partial charge in [0, 0.05) is 5.54 Å². The van der Waals surface area contributed by atoms with Crippen molar-refractivity contribution >= 4 is 8.32 Å². The minimum absolute atomic E-state index is 0.171. The molecule has 5 nitrogen and oxygen atoms in total. The molecule has 0 aromatic carbocycles. The fraction of sp³-hybridized carbons (Fsp3) is 1.00. The summed E-state index contributed by atoms with van der Waals surface area (Å²) in [6, 6.07) is 0. The zero-order chi connectivity index (χ0) is 17.5. The molecule has 1 atom stereocenters. The first-order chi connectivity index (χ1) is 9.14. The van der Waals surface area contributed by atoms with Gasteiger partial charge in [-0.05, 0) is 38.4 Å². The highest BCUT2D eigenvalue weighted by molar-refractivity contribution is 6.74. The van der Waals surface area contributed by atoms with Gasteiger partial charge in [-0.15, -0.1) is 0 Å². The Hall–Kier alpha value is 0.0169. The lowest BCUT2D eigenvalue weighted by atomic mass is 10.0. The summed E-state index contributed by atoms with van der Waals surface area (Å²) in [4.78, 5) is 0. The van der Waals surface area contributed by atoms with Crippen molar-refractivity contribution < 1.29 is 14.6 Å². The summed E-state index contributed by atoms with van der Waals surface area (Å²) in [6.45, 7) is 17.3. The molecule has 0 radical (unpaired) electrons. The minimum atomic E-state index is -1.61. The van der Waals surface area contributed by atoms with Crippen LogP contribution in [0.15, 0.2) is 0 Å². The summed E-state index contributed by atoms with van der Waals surface area (Å²) in [5.74, 6) is 0. The Kier molecular flexibility index (Phi) is 9.53. The predicted octanol–water partition coefficient (Wildman–Crippen LogP) is 1.82. The molecule has 0 fully saturated rings. The van der Waals surface area contributed by atoms with E-state index in [4.69, 9.17) is 26.1 Å². The van der Waals surface area contributed by atoms with Gasteiger partial charge in [-0.3, -0.25) is 0 Å². The van der Waals surface area contributed by atoms with E-state index in [0.29, 0.717) is 6.61 Å². The molecule has 21 heavy (non-hydrogen) atoms. The van der Waals surface area contributed by atoms with Gasteiger partial charge in [-0.1, -0.05) is 27.7 Å². The van der Waals surface area contributed by atoms with Crippen LogP contribution in [0.2, 0.25) is 18.1 Å². The predicted molar refractivity (Wildman–Crippen MR) is 92.8 cm³/mol. The van der Waals surface area contributed by atoms with E-state index >= 15 is 0 Å². The van der Waals surface area contributed by atoms with E-state index in [-0.39, 0.29) is 23.8 Å². The van der Waals surface area contributed by atoms with Crippen molar-refractivity contribution in [1.82, 2.24) is 0 Å². The molecule has 130 valence electrons. The van der Waals surface area contributed by atoms with Crippen molar-refractivity contribution in [2.24, 2.45) is 11.5 Å². The molecule has 0 aliphatic carbocycles. The average Bonchev–Trinajstić information content (AvgIpc) is 2.36. The number of aliphatic hydroxyl groups excluding tert-OH is 2. The third kappa shape index (κ3) is 10.4. The van der Waals surface area contributed by atoms with Gasteiger partial charge in [0.25, 0.3) is 0 Å². The normalized spacial score (nSPS) is 16.0. The third-order valence-corrected chi connectivity index (χ3v) is 8.58. The largest absolute Gasteiger partial charge is 0.415 e. The summed E-state index contributed by atoms with van der Waals surface area (Å²) in [7, 11) is -1.61. The quantitative estimate of drug-likeness (QED) is 0.559. The number of hydrogen-bond acceptors (Lipinski definition) is 5. The van der Waals surface area contributed by atoms with Crippen LogP contribution in [0.1, 0.15) is 48.0 Å². The van der Waals surface area contributed by atoms with Gasteiger partial charge in [0.2, 0.25) is 0 Å². The first-order valence-electron chi connectivity index (χ1n) is 7.57. The number of rotatable bonds is 6. The van der Waals surface area contributed by atoms with E-state index in [1.54, 1.807) is 6.92 Å². The van der Waals surface area contributed by atoms with E-state index in [1.165, 1.54) is 0 Å². The summed E-state index contributed by atoms with van der Waals surface area (Å²) in [6.07, 6.45) is 0.960. The van der Waals surface area contributed by atoms with Crippen LogP contribution in [0.3, 0.4) is 0 Å². The zero-order valence-electron chi connectivity index (χ0n) is 15.3. The van der Waals surface area contributed by atoms with E-state index in [2.05, 4.69) is 47.7 Å². The van der Waals surface area contributed by atoms with E-state index < -0.39 is 13.9 Å². The Morgan fingerprint density at radius 2 is 1.29 bits per heavy atom. The maximum atomic E-state index is 8.31. The van der Waals surface area contributed by atoms with Crippen molar-refractivity contribution in [3.8, 4) is 0 Å². The molecule has 0 rings (SSSR count). The number of aliphatic hydroxyl groups is 2. The Balaban J connectivity index is 0. The van der Waals surface area contributed by atoms with Crippen LogP contribution >= 0.6 is 0 Å². The van der Waals surface area contributed by atoms with E-state index in [1.807, 2.05) is 0 Å². The van der Waals surface area contributed by atoms with Gasteiger partial charge in [0.15, 0.2) is 8.32 Å². The van der Waals surface area contributed by atoms with Crippen molar-refractivity contribution in [2.75, 3.05) is 19.8 Å². The highest BCUT2D eigenvalue weighted by Crippen LogP contribution is 2.36. The fourth-order valence-corrected chi connectivity index (χ4v) is 1.84. The highest BCUT2D eigenvalue weighted by atomic mass is 28.4. The average molecular weight is 323 g/mol. The smallest absolute Gasteiger partial charge is 0.192 e. The number of hydrogen-bond donors (Lipinski definition) is 4. The Morgan fingerprint density at radius 1 is 0.905 bits per heavy atom. The molecular formula is C15H38N2O3Si. The summed E-state index contributed by atoms with van der Waals surface area (Å²) in [5, 5.41) is 16.9. The molecule has 1 unspecified atom stereocenters. The zero-order valence-corrected chi connectivity index (χ0v) is 16.3. The highest BCUT2D eigenvalue weighted by Gasteiger charge is 2.38. The van der Waals surface area contributed by atoms with Gasteiger partial charge in [0.1, 0.15) is 0 Å². The van der Waals surface area contributed by atoms with Crippen LogP contribution in [0.5, 0.6) is 0 Å². The summed E-state index contributed by atoms with van der Waals surface area (Å²) < 4.78 is 6.06. The first kappa shape index (κ1) is 23.3. The van der Waals surface area contributed by atoms with Crippen LogP contribution in [-0.4, -0.2) is 49.4 Å². The second-order valence-electron chi connectivity index (χ2n) is 8.03. The fourth-order valence-electron chi connectivity index (χ4n) is 0.714. The lowest BCUT2D eigenvalue weighted by molar-refractivity contribution is 0.134. The van der Waals surface area contributed by atoms with Crippen molar-refractivity contribution in [1.29, 1.82) is 0 Å². The molecule has 0 saturated heterocycles. The molecule has 0 spiro atoms. The number of nitrogens with two attached hydrogens (primary N) is 2. The molecule has 0 amide bonds. The van der Waals surface area contributed by atoms with Gasteiger partial charge in [0.05, 0.1) is 25.4 Å². The third-order valence-electron chi connectivity index (χ3n) is 4.10. The molecule has 0 aromatic heterocycles. The van der Waals surface area contributed by atoms with Crippen LogP contribution in [-0.2, 0) is 4.43 Å². The van der Waals surface area contributed by atoms with Crippen molar-refractivity contribution in [3.63, 3.8) is 0 Å². The molecular weight excluding hydrogens is 284 g/mol. The van der Waals surface area contributed by atoms with Crippen LogP contribution in [0.25, 0.3) is 0 Å². The molecule has 0 bridgehead atoms. The SMILES string of the molecule is CC(N)(CO)CO.CCC(C)(N)CO[Si](C)(C)C(C)(C)C. The second kappa shape index (κ2) is 8.60.